The van der Waals surface area contributed by atoms with Gasteiger partial charge in [-0.2, -0.15) is 0 Å². The van der Waals surface area contributed by atoms with Crippen molar-refractivity contribution in [2.45, 2.75) is 33.5 Å². The van der Waals surface area contributed by atoms with E-state index >= 15 is 0 Å². The maximum atomic E-state index is 12.3. The van der Waals surface area contributed by atoms with E-state index in [0.717, 1.165) is 11.3 Å². The van der Waals surface area contributed by atoms with Crippen LogP contribution in [0.25, 0.3) is 6.08 Å². The predicted octanol–water partition coefficient (Wildman–Crippen LogP) is 5.12. The number of aryl methyl sites for hydroxylation is 2. The number of benzene rings is 2. The molecule has 0 aliphatic rings. The Balaban J connectivity index is 1.58. The number of amides is 1. The minimum absolute atomic E-state index is 0.285. The Morgan fingerprint density at radius 3 is 2.62 bits per heavy atom. The third-order valence-corrected chi connectivity index (χ3v) is 5.28. The van der Waals surface area contributed by atoms with Crippen molar-refractivity contribution in [2.75, 3.05) is 12.4 Å². The number of rotatable bonds is 9. The summed E-state index contributed by atoms with van der Waals surface area (Å²) in [4.78, 5) is 24.5. The van der Waals surface area contributed by atoms with Gasteiger partial charge in [0.2, 0.25) is 0 Å². The monoisotopic (exact) mass is 484 g/mol. The van der Waals surface area contributed by atoms with Crippen LogP contribution in [0, 0.1) is 13.8 Å². The highest BCUT2D eigenvalue weighted by Gasteiger charge is 2.18. The highest BCUT2D eigenvalue weighted by molar-refractivity contribution is 6.33. The Labute approximate surface area is 202 Å². The maximum Gasteiger partial charge on any atom is 0.331 e. The zero-order chi connectivity index (χ0) is 24.7. The summed E-state index contributed by atoms with van der Waals surface area (Å²) in [5.74, 6) is 0.571. The molecule has 0 bridgehead atoms. The second-order valence-corrected chi connectivity index (χ2v) is 7.79. The number of carbonyl (C=O) groups is 2. The van der Waals surface area contributed by atoms with Crippen LogP contribution < -0.4 is 14.8 Å². The molecule has 2 aromatic carbocycles. The second-order valence-electron chi connectivity index (χ2n) is 7.38. The van der Waals surface area contributed by atoms with E-state index in [0.29, 0.717) is 33.5 Å². The number of nitrogens with zero attached hydrogens (tertiary/aromatic N) is 1. The first kappa shape index (κ1) is 24.9. The molecule has 1 aromatic heterocycles. The average molecular weight is 485 g/mol. The number of hydrogen-bond acceptors (Lipinski definition) is 7. The number of aromatic nitrogens is 1. The normalized spacial score (nSPS) is 11.8. The Hall–Kier alpha value is -3.78. The summed E-state index contributed by atoms with van der Waals surface area (Å²) in [6.07, 6.45) is 1.78. The molecular formula is C25H25ClN2O6. The van der Waals surface area contributed by atoms with Crippen molar-refractivity contribution in [3.8, 4) is 11.5 Å². The van der Waals surface area contributed by atoms with Gasteiger partial charge in [-0.15, -0.1) is 0 Å². The first-order chi connectivity index (χ1) is 16.3. The van der Waals surface area contributed by atoms with Gasteiger partial charge in [0.1, 0.15) is 12.4 Å². The summed E-state index contributed by atoms with van der Waals surface area (Å²) >= 11 is 6.03. The van der Waals surface area contributed by atoms with Crippen molar-refractivity contribution < 1.29 is 28.3 Å². The number of ether oxygens (including phenoxy) is 3. The van der Waals surface area contributed by atoms with E-state index in [2.05, 4.69) is 10.5 Å². The number of anilines is 1. The Morgan fingerprint density at radius 1 is 1.18 bits per heavy atom. The summed E-state index contributed by atoms with van der Waals surface area (Å²) in [7, 11) is 1.53. The lowest BCUT2D eigenvalue weighted by atomic mass is 10.2. The van der Waals surface area contributed by atoms with E-state index in [4.69, 9.17) is 30.3 Å². The fraction of sp³-hybridized carbons (Fsp3) is 0.240. The molecular weight excluding hydrogens is 460 g/mol. The van der Waals surface area contributed by atoms with Gasteiger partial charge in [-0.1, -0.05) is 35.0 Å². The minimum atomic E-state index is -1.01. The van der Waals surface area contributed by atoms with Crippen LogP contribution in [0.5, 0.6) is 11.5 Å². The third kappa shape index (κ3) is 6.39. The molecule has 0 saturated carbocycles. The first-order valence-electron chi connectivity index (χ1n) is 10.4. The summed E-state index contributed by atoms with van der Waals surface area (Å²) in [5.41, 5.74) is 2.77. The van der Waals surface area contributed by atoms with Crippen molar-refractivity contribution >= 4 is 35.2 Å². The van der Waals surface area contributed by atoms with Crippen molar-refractivity contribution in [1.29, 1.82) is 0 Å². The largest absolute Gasteiger partial charge is 0.493 e. The number of para-hydroxylation sites is 1. The van der Waals surface area contributed by atoms with Gasteiger partial charge >= 0.3 is 5.97 Å². The van der Waals surface area contributed by atoms with Crippen LogP contribution in [0.2, 0.25) is 5.02 Å². The molecule has 0 saturated heterocycles. The molecule has 0 aliphatic heterocycles. The number of hydrogen-bond donors (Lipinski definition) is 1. The molecule has 178 valence electrons. The predicted molar refractivity (Wildman–Crippen MR) is 128 cm³/mol. The molecule has 34 heavy (non-hydrogen) atoms. The van der Waals surface area contributed by atoms with Gasteiger partial charge in [0.05, 0.1) is 29.1 Å². The van der Waals surface area contributed by atoms with Crippen LogP contribution in [0.4, 0.5) is 5.69 Å². The zero-order valence-electron chi connectivity index (χ0n) is 19.3. The van der Waals surface area contributed by atoms with Crippen LogP contribution >= 0.6 is 11.6 Å². The number of nitrogens with one attached hydrogen (secondary N) is 1. The zero-order valence-corrected chi connectivity index (χ0v) is 20.0. The van der Waals surface area contributed by atoms with Gasteiger partial charge in [0, 0.05) is 6.08 Å². The average Bonchev–Trinajstić information content (AvgIpc) is 3.14. The van der Waals surface area contributed by atoms with E-state index in [-0.39, 0.29) is 6.61 Å². The lowest BCUT2D eigenvalue weighted by Crippen LogP contribution is -2.29. The van der Waals surface area contributed by atoms with Gasteiger partial charge < -0.3 is 24.1 Å². The lowest BCUT2D eigenvalue weighted by Gasteiger charge is -2.13. The van der Waals surface area contributed by atoms with Crippen LogP contribution in [0.15, 0.2) is 53.1 Å². The summed E-state index contributed by atoms with van der Waals surface area (Å²) in [5, 5.41) is 6.93. The van der Waals surface area contributed by atoms with Gasteiger partial charge in [-0.05, 0) is 56.7 Å². The molecule has 1 N–H and O–H groups in total. The third-order valence-electron chi connectivity index (χ3n) is 4.95. The quantitative estimate of drug-likeness (QED) is 0.332. The molecule has 0 spiro atoms. The van der Waals surface area contributed by atoms with E-state index in [1.807, 2.05) is 13.8 Å². The molecule has 8 nitrogen and oxygen atoms in total. The van der Waals surface area contributed by atoms with Crippen molar-refractivity contribution in [2.24, 2.45) is 0 Å². The van der Waals surface area contributed by atoms with E-state index < -0.39 is 18.0 Å². The molecule has 1 amide bonds. The Morgan fingerprint density at radius 2 is 1.94 bits per heavy atom. The summed E-state index contributed by atoms with van der Waals surface area (Å²) in [6, 6.07) is 12.0. The molecule has 3 rings (SSSR count). The van der Waals surface area contributed by atoms with Gasteiger partial charge in [-0.3, -0.25) is 4.79 Å². The summed E-state index contributed by atoms with van der Waals surface area (Å²) < 4.78 is 21.6. The van der Waals surface area contributed by atoms with Gasteiger partial charge in [0.25, 0.3) is 5.91 Å². The molecule has 3 aromatic rings. The number of carbonyl (C=O) groups excluding carboxylic acids is 2. The second kappa shape index (κ2) is 11.4. The van der Waals surface area contributed by atoms with Crippen LogP contribution in [-0.2, 0) is 20.9 Å². The first-order valence-corrected chi connectivity index (χ1v) is 10.8. The minimum Gasteiger partial charge on any atom is -0.493 e. The van der Waals surface area contributed by atoms with Crippen molar-refractivity contribution in [1.82, 2.24) is 5.16 Å². The highest BCUT2D eigenvalue weighted by Crippen LogP contribution is 2.30. The van der Waals surface area contributed by atoms with Crippen molar-refractivity contribution in [3.05, 3.63) is 76.1 Å². The molecule has 0 radical (unpaired) electrons. The fourth-order valence-corrected chi connectivity index (χ4v) is 3.18. The molecule has 0 fully saturated rings. The van der Waals surface area contributed by atoms with E-state index in [1.165, 1.54) is 20.1 Å². The molecule has 0 aliphatic carbocycles. The topological polar surface area (TPSA) is 99.9 Å². The standard InChI is InChI=1S/C25H25ClN2O6/c1-15-19(16(2)34-28-15)14-32-22-11-9-18(13-23(22)31-4)10-12-24(29)33-17(3)25(30)27-21-8-6-5-7-20(21)26/h5-13,17H,14H2,1-4H3,(H,27,30)/b12-10+. The summed E-state index contributed by atoms with van der Waals surface area (Å²) in [6.45, 7) is 5.43. The van der Waals surface area contributed by atoms with E-state index in [1.54, 1.807) is 48.5 Å². The molecule has 9 heteroatoms. The van der Waals surface area contributed by atoms with Crippen molar-refractivity contribution in [3.63, 3.8) is 0 Å². The molecule has 1 heterocycles. The number of esters is 1. The Kier molecular flexibility index (Phi) is 8.32. The molecule has 1 atom stereocenters. The molecule has 1 unspecified atom stereocenters. The van der Waals surface area contributed by atoms with Gasteiger partial charge in [0.15, 0.2) is 17.6 Å². The number of methoxy groups -OCH3 is 1. The van der Waals surface area contributed by atoms with Gasteiger partial charge in [-0.25, -0.2) is 4.79 Å². The Bertz CT molecular complexity index is 1180. The van der Waals surface area contributed by atoms with Crippen LogP contribution in [0.1, 0.15) is 29.5 Å². The fourth-order valence-electron chi connectivity index (χ4n) is 2.99. The van der Waals surface area contributed by atoms with E-state index in [9.17, 15) is 9.59 Å². The SMILES string of the molecule is COc1cc(/C=C/C(=O)OC(C)C(=O)Nc2ccccc2Cl)ccc1OCc1c(C)noc1C. The number of halogens is 1. The maximum absolute atomic E-state index is 12.3. The van der Waals surface area contributed by atoms with Crippen LogP contribution in [0.3, 0.4) is 0 Å². The van der Waals surface area contributed by atoms with Crippen LogP contribution in [-0.4, -0.2) is 30.2 Å². The highest BCUT2D eigenvalue weighted by atomic mass is 35.5. The lowest BCUT2D eigenvalue weighted by molar-refractivity contribution is -0.148. The smallest absolute Gasteiger partial charge is 0.331 e.